The molecule has 110 valence electrons. The summed E-state index contributed by atoms with van der Waals surface area (Å²) in [4.78, 5) is 13.8. The van der Waals surface area contributed by atoms with Gasteiger partial charge in [-0.15, -0.1) is 0 Å². The van der Waals surface area contributed by atoms with Crippen molar-refractivity contribution in [2.45, 2.75) is 38.3 Å². The Hall–Kier alpha value is -1.59. The van der Waals surface area contributed by atoms with Crippen LogP contribution in [0.3, 0.4) is 0 Å². The van der Waals surface area contributed by atoms with Gasteiger partial charge in [0.05, 0.1) is 12.1 Å². The van der Waals surface area contributed by atoms with Gasteiger partial charge < -0.3 is 21.1 Å². The highest BCUT2D eigenvalue weighted by Crippen LogP contribution is 2.21. The molecule has 1 aliphatic rings. The van der Waals surface area contributed by atoms with Crippen LogP contribution >= 0.6 is 0 Å². The van der Waals surface area contributed by atoms with E-state index in [0.29, 0.717) is 13.1 Å². The largest absolute Gasteiger partial charge is 0.388 e. The molecule has 0 spiro atoms. The van der Waals surface area contributed by atoms with Crippen LogP contribution in [0.5, 0.6) is 0 Å². The molecule has 4 N–H and O–H groups in total. The SMILES string of the molecule is CC(N)c1ccc(NC(=O)N2CCCC(C)(O)C2)cc1. The maximum Gasteiger partial charge on any atom is 0.321 e. The lowest BCUT2D eigenvalue weighted by Crippen LogP contribution is -2.49. The van der Waals surface area contributed by atoms with Gasteiger partial charge in [-0.1, -0.05) is 12.1 Å². The molecule has 2 amide bonds. The van der Waals surface area contributed by atoms with Crippen molar-refractivity contribution in [3.63, 3.8) is 0 Å². The van der Waals surface area contributed by atoms with Crippen LogP contribution in [0.2, 0.25) is 0 Å². The smallest absolute Gasteiger partial charge is 0.321 e. The van der Waals surface area contributed by atoms with Crippen molar-refractivity contribution in [1.29, 1.82) is 0 Å². The highest BCUT2D eigenvalue weighted by atomic mass is 16.3. The van der Waals surface area contributed by atoms with Gasteiger partial charge in [-0.3, -0.25) is 0 Å². The summed E-state index contributed by atoms with van der Waals surface area (Å²) >= 11 is 0. The number of β-amino-alcohol motifs (C(OH)–C–C–N with tert-alkyl or cyclic N) is 1. The molecular weight excluding hydrogens is 254 g/mol. The molecule has 2 unspecified atom stereocenters. The average Bonchev–Trinajstić information content (AvgIpc) is 2.38. The highest BCUT2D eigenvalue weighted by Gasteiger charge is 2.30. The Morgan fingerprint density at radius 2 is 2.10 bits per heavy atom. The molecule has 1 fully saturated rings. The Labute approximate surface area is 119 Å². The standard InChI is InChI=1S/C15H23N3O2/c1-11(16)12-4-6-13(7-5-12)17-14(19)18-9-3-8-15(2,20)10-18/h4-7,11,20H,3,8-10,16H2,1-2H3,(H,17,19). The zero-order valence-corrected chi connectivity index (χ0v) is 12.1. The van der Waals surface area contributed by atoms with Gasteiger partial charge in [0.2, 0.25) is 0 Å². The molecule has 2 atom stereocenters. The molecule has 1 heterocycles. The van der Waals surface area contributed by atoms with Gasteiger partial charge in [-0.25, -0.2) is 4.79 Å². The fourth-order valence-electron chi connectivity index (χ4n) is 2.47. The van der Waals surface area contributed by atoms with Crippen molar-refractivity contribution in [2.75, 3.05) is 18.4 Å². The number of benzene rings is 1. The monoisotopic (exact) mass is 277 g/mol. The number of rotatable bonds is 2. The third-order valence-electron chi connectivity index (χ3n) is 3.65. The molecule has 2 rings (SSSR count). The van der Waals surface area contributed by atoms with Gasteiger partial charge in [0, 0.05) is 18.3 Å². The number of nitrogens with zero attached hydrogens (tertiary/aromatic N) is 1. The molecule has 0 radical (unpaired) electrons. The van der Waals surface area contributed by atoms with Gasteiger partial charge in [0.25, 0.3) is 0 Å². The van der Waals surface area contributed by atoms with E-state index in [1.165, 1.54) is 0 Å². The number of piperidine rings is 1. The van der Waals surface area contributed by atoms with Gasteiger partial charge in [0.15, 0.2) is 0 Å². The summed E-state index contributed by atoms with van der Waals surface area (Å²) in [5.41, 5.74) is 6.78. The van der Waals surface area contributed by atoms with Crippen LogP contribution in [0, 0.1) is 0 Å². The van der Waals surface area contributed by atoms with Crippen LogP contribution in [0.1, 0.15) is 38.3 Å². The van der Waals surface area contributed by atoms with Gasteiger partial charge in [-0.2, -0.15) is 0 Å². The van der Waals surface area contributed by atoms with Crippen molar-refractivity contribution in [3.05, 3.63) is 29.8 Å². The summed E-state index contributed by atoms with van der Waals surface area (Å²) in [7, 11) is 0. The number of hydrogen-bond donors (Lipinski definition) is 3. The van der Waals surface area contributed by atoms with Gasteiger partial charge >= 0.3 is 6.03 Å². The normalized spacial score (nSPS) is 24.3. The number of aliphatic hydroxyl groups is 1. The molecule has 5 heteroatoms. The lowest BCUT2D eigenvalue weighted by Gasteiger charge is -2.36. The molecule has 1 aliphatic heterocycles. The Kier molecular flexibility index (Phi) is 4.30. The van der Waals surface area contributed by atoms with Crippen molar-refractivity contribution in [3.8, 4) is 0 Å². The van der Waals surface area contributed by atoms with E-state index in [-0.39, 0.29) is 12.1 Å². The van der Waals surface area contributed by atoms with E-state index >= 15 is 0 Å². The molecule has 20 heavy (non-hydrogen) atoms. The predicted octanol–water partition coefficient (Wildman–Crippen LogP) is 2.08. The molecule has 0 bridgehead atoms. The Morgan fingerprint density at radius 3 is 2.65 bits per heavy atom. The lowest BCUT2D eigenvalue weighted by molar-refractivity contribution is -0.000634. The molecule has 0 aromatic heterocycles. The van der Waals surface area contributed by atoms with E-state index in [4.69, 9.17) is 5.73 Å². The summed E-state index contributed by atoms with van der Waals surface area (Å²) in [5, 5.41) is 12.9. The average molecular weight is 277 g/mol. The maximum absolute atomic E-state index is 12.2. The van der Waals surface area contributed by atoms with Crippen LogP contribution in [-0.2, 0) is 0 Å². The van der Waals surface area contributed by atoms with Crippen molar-refractivity contribution < 1.29 is 9.90 Å². The zero-order chi connectivity index (χ0) is 14.8. The summed E-state index contributed by atoms with van der Waals surface area (Å²) in [6.45, 7) is 4.74. The molecule has 1 saturated heterocycles. The molecule has 1 aromatic rings. The lowest BCUT2D eigenvalue weighted by atomic mass is 9.95. The number of nitrogens with one attached hydrogen (secondary N) is 1. The summed E-state index contributed by atoms with van der Waals surface area (Å²) in [6, 6.07) is 7.33. The summed E-state index contributed by atoms with van der Waals surface area (Å²) in [6.07, 6.45) is 1.56. The molecule has 1 aromatic carbocycles. The van der Waals surface area contributed by atoms with Crippen molar-refractivity contribution in [2.24, 2.45) is 5.73 Å². The molecular formula is C15H23N3O2. The van der Waals surface area contributed by atoms with Crippen molar-refractivity contribution >= 4 is 11.7 Å². The number of carbonyl (C=O) groups excluding carboxylic acids is 1. The number of likely N-dealkylation sites (tertiary alicyclic amines) is 1. The molecule has 0 aliphatic carbocycles. The first-order chi connectivity index (χ1) is 9.37. The minimum atomic E-state index is -0.783. The number of urea groups is 1. The number of amides is 2. The topological polar surface area (TPSA) is 78.6 Å². The molecule has 0 saturated carbocycles. The first-order valence-electron chi connectivity index (χ1n) is 7.01. The van der Waals surface area contributed by atoms with Gasteiger partial charge in [-0.05, 0) is 44.4 Å². The number of carbonyl (C=O) groups is 1. The third-order valence-corrected chi connectivity index (χ3v) is 3.65. The first kappa shape index (κ1) is 14.8. The number of hydrogen-bond acceptors (Lipinski definition) is 3. The Morgan fingerprint density at radius 1 is 1.45 bits per heavy atom. The van der Waals surface area contributed by atoms with Crippen molar-refractivity contribution in [1.82, 2.24) is 4.90 Å². The van der Waals surface area contributed by atoms with E-state index < -0.39 is 5.60 Å². The zero-order valence-electron chi connectivity index (χ0n) is 12.1. The van der Waals surface area contributed by atoms with Crippen LogP contribution in [0.15, 0.2) is 24.3 Å². The van der Waals surface area contributed by atoms with E-state index in [1.807, 2.05) is 31.2 Å². The van der Waals surface area contributed by atoms with Gasteiger partial charge in [0.1, 0.15) is 0 Å². The Bertz CT molecular complexity index is 469. The quantitative estimate of drug-likeness (QED) is 0.774. The number of nitrogens with two attached hydrogens (primary N) is 1. The fourth-order valence-corrected chi connectivity index (χ4v) is 2.47. The minimum Gasteiger partial charge on any atom is -0.388 e. The highest BCUT2D eigenvalue weighted by molar-refractivity contribution is 5.89. The van der Waals surface area contributed by atoms with Crippen LogP contribution in [0.25, 0.3) is 0 Å². The maximum atomic E-state index is 12.2. The van der Waals surface area contributed by atoms with E-state index in [0.717, 1.165) is 24.1 Å². The summed E-state index contributed by atoms with van der Waals surface area (Å²) < 4.78 is 0. The second-order valence-electron chi connectivity index (χ2n) is 5.86. The Balaban J connectivity index is 1.97. The van der Waals surface area contributed by atoms with Crippen LogP contribution in [0.4, 0.5) is 10.5 Å². The van der Waals surface area contributed by atoms with E-state index in [1.54, 1.807) is 11.8 Å². The van der Waals surface area contributed by atoms with Crippen LogP contribution < -0.4 is 11.1 Å². The minimum absolute atomic E-state index is 0.0167. The fraction of sp³-hybridized carbons (Fsp3) is 0.533. The second-order valence-corrected chi connectivity index (χ2v) is 5.86. The van der Waals surface area contributed by atoms with Crippen LogP contribution in [-0.4, -0.2) is 34.7 Å². The van der Waals surface area contributed by atoms with E-state index in [9.17, 15) is 9.90 Å². The number of anilines is 1. The summed E-state index contributed by atoms with van der Waals surface area (Å²) in [5.74, 6) is 0. The third kappa shape index (κ3) is 3.71. The second kappa shape index (κ2) is 5.81. The first-order valence-corrected chi connectivity index (χ1v) is 7.01. The predicted molar refractivity (Wildman–Crippen MR) is 79.5 cm³/mol. The molecule has 5 nitrogen and oxygen atoms in total. The van der Waals surface area contributed by atoms with E-state index in [2.05, 4.69) is 5.32 Å².